The summed E-state index contributed by atoms with van der Waals surface area (Å²) in [7, 11) is -1.78. The maximum absolute atomic E-state index is 11.6. The Morgan fingerprint density at radius 3 is 0.640 bits per heavy atom. The number of anilines is 2. The van der Waals surface area contributed by atoms with E-state index in [2.05, 4.69) is 402 Å². The van der Waals surface area contributed by atoms with Crippen molar-refractivity contribution < 1.29 is 59.1 Å². The van der Waals surface area contributed by atoms with Crippen molar-refractivity contribution in [2.75, 3.05) is 10.6 Å². The van der Waals surface area contributed by atoms with Crippen LogP contribution in [0.25, 0.3) is 4.85 Å². The topological polar surface area (TPSA) is 144 Å². The number of nitrogens with one attached hydrogen (secondary N) is 2. The van der Waals surface area contributed by atoms with Gasteiger partial charge in [-0.15, -0.1) is 0 Å². The number of Topliss-reactive ketones (excluding diaryl/α,β-unsaturated/α-hetero) is 2. The minimum atomic E-state index is -0.446. The molecule has 0 unspecified atom stereocenters. The van der Waals surface area contributed by atoms with Crippen LogP contribution in [0.5, 0.6) is 0 Å². The average molecular weight is 1770 g/mol. The van der Waals surface area contributed by atoms with Crippen LogP contribution in [0.2, 0.25) is 0 Å². The van der Waals surface area contributed by atoms with Crippen LogP contribution in [-0.2, 0) is 49.5 Å². The third-order valence-corrected chi connectivity index (χ3v) is 27.0. The van der Waals surface area contributed by atoms with Crippen molar-refractivity contribution in [1.29, 1.82) is 10.5 Å². The van der Waals surface area contributed by atoms with E-state index in [1.807, 2.05) is 12.1 Å². The third kappa shape index (κ3) is 26.9. The van der Waals surface area contributed by atoms with Crippen molar-refractivity contribution in [2.24, 2.45) is 0 Å². The van der Waals surface area contributed by atoms with Crippen molar-refractivity contribution in [3.8, 4) is 0 Å². The second-order valence-electron chi connectivity index (χ2n) is 23.8. The molecule has 0 aliphatic carbocycles. The number of ketones is 2. The number of halogens is 1. The Labute approximate surface area is 697 Å². The maximum Gasteiger partial charge on any atom is 2.00 e. The molecule has 0 aromatic heterocycles. The van der Waals surface area contributed by atoms with E-state index in [9.17, 15) is 19.2 Å². The van der Waals surface area contributed by atoms with E-state index < -0.39 is 31.7 Å². The van der Waals surface area contributed by atoms with Gasteiger partial charge in [-0.1, -0.05) is 376 Å². The normalized spacial score (nSPS) is 11.3. The predicted octanol–water partition coefficient (Wildman–Crippen LogP) is 18.3. The summed E-state index contributed by atoms with van der Waals surface area (Å²) in [4.78, 5) is 48.9. The number of amides is 2. The first-order valence-electron chi connectivity index (χ1n) is 34.9. The fourth-order valence-corrected chi connectivity index (χ4v) is 21.4. The van der Waals surface area contributed by atoms with E-state index >= 15 is 0 Å². The monoisotopic (exact) mass is 1770 g/mol. The van der Waals surface area contributed by atoms with E-state index in [0.717, 1.165) is 3.57 Å². The summed E-state index contributed by atoms with van der Waals surface area (Å²) in [6.07, 6.45) is 1.03. The number of fused-ring (bicyclic) bond motifs is 2. The van der Waals surface area contributed by atoms with Gasteiger partial charge in [0.05, 0.1) is 12.3 Å². The molecule has 0 atom stereocenters. The van der Waals surface area contributed by atoms with E-state index in [-0.39, 0.29) is 82.5 Å². The molecule has 14 aromatic carbocycles. The van der Waals surface area contributed by atoms with Gasteiger partial charge in [0, 0.05) is 66.5 Å². The van der Waals surface area contributed by atoms with Crippen molar-refractivity contribution >= 4 is 158 Å². The summed E-state index contributed by atoms with van der Waals surface area (Å²) in [6, 6.07) is 139. The molecule has 2 aliphatic rings. The van der Waals surface area contributed by atoms with Crippen LogP contribution in [0, 0.1) is 33.8 Å². The molecule has 2 amide bonds. The van der Waals surface area contributed by atoms with Crippen molar-refractivity contribution in [1.82, 2.24) is 0 Å². The van der Waals surface area contributed by atoms with Crippen LogP contribution in [0.1, 0.15) is 46.4 Å². The summed E-state index contributed by atoms with van der Waals surface area (Å²) in [5.74, 6) is -0.280. The van der Waals surface area contributed by atoms with Gasteiger partial charge in [0.25, 0.3) is 0 Å². The minimum Gasteiger partial charge on any atom is -0.512 e. The Morgan fingerprint density at radius 1 is 0.270 bits per heavy atom. The molecule has 2 N–H and O–H groups in total. The van der Waals surface area contributed by atoms with Crippen LogP contribution < -0.4 is 74.3 Å². The SMILES string of the molecule is O=C1CCC(=O)c2ccc(I)cc2N1.[C-]#N.[C-]#N.[C-]#[N+]c1ccc2c(c1)NC(=O)CCC2=O.[Pd].[Zn+2].c1ccc(P(c2ccccc2)c2ccccc2)cc1.c1ccc(P(c2ccccc2)c2ccccc2)cc1.c1ccc(P(c2ccccc2)c2ccccc2)cc1.c1ccc(P(c2ccccc2)c2ccccc2)cc1. The van der Waals surface area contributed by atoms with E-state index in [1.165, 1.54) is 69.7 Å². The molecule has 16 rings (SSSR count). The number of hydrogen-bond donors (Lipinski definition) is 2. The fraction of sp³-hybridized carbons (Fsp3) is 0.0421. The summed E-state index contributed by atoms with van der Waals surface area (Å²) < 4.78 is 1.01. The molecule has 0 bridgehead atoms. The number of nitrogens with zero attached hydrogens (tertiary/aromatic N) is 3. The van der Waals surface area contributed by atoms with E-state index in [1.54, 1.807) is 18.2 Å². The smallest absolute Gasteiger partial charge is 0.512 e. The first-order chi connectivity index (χ1) is 53.7. The molecule has 0 radical (unpaired) electrons. The molecule has 16 heteroatoms. The van der Waals surface area contributed by atoms with Crippen LogP contribution in [0.4, 0.5) is 17.1 Å². The van der Waals surface area contributed by atoms with Crippen molar-refractivity contribution in [3.63, 3.8) is 0 Å². The Bertz CT molecular complexity index is 4330. The van der Waals surface area contributed by atoms with Gasteiger partial charge in [-0.3, -0.25) is 19.2 Å². The number of rotatable bonds is 12. The van der Waals surface area contributed by atoms with Crippen LogP contribution in [-0.4, -0.2) is 23.4 Å². The molecule has 0 saturated carbocycles. The van der Waals surface area contributed by atoms with Gasteiger partial charge >= 0.3 is 19.5 Å². The van der Waals surface area contributed by atoms with Gasteiger partial charge in [-0.2, -0.15) is 0 Å². The molecule has 2 heterocycles. The predicted molar refractivity (Wildman–Crippen MR) is 467 cm³/mol. The Morgan fingerprint density at radius 2 is 0.450 bits per heavy atom. The van der Waals surface area contributed by atoms with Gasteiger partial charge in [-0.25, -0.2) is 4.85 Å². The number of carbonyl (C=O) groups is 4. The van der Waals surface area contributed by atoms with Crippen LogP contribution in [0.15, 0.2) is 400 Å². The number of hydrogen-bond acceptors (Lipinski definition) is 6. The second kappa shape index (κ2) is 49.0. The molecule has 111 heavy (non-hydrogen) atoms. The number of carbonyl (C=O) groups excluding carboxylic acids is 4. The van der Waals surface area contributed by atoms with Gasteiger partial charge < -0.3 is 34.3 Å². The second-order valence-corrected chi connectivity index (χ2v) is 34.0. The largest absolute Gasteiger partial charge is 2.00 e. The Hall–Kier alpha value is -10.4. The molecule has 0 spiro atoms. The quantitative estimate of drug-likeness (QED) is 0.0539. The molecule has 9 nitrogen and oxygen atoms in total. The Kier molecular flexibility index (Phi) is 38.7. The third-order valence-electron chi connectivity index (χ3n) is 16.6. The first-order valence-corrected chi connectivity index (χ1v) is 41.3. The first kappa shape index (κ1) is 87.8. The maximum atomic E-state index is 11.6. The molecular formula is C95H76IN5O4P4PdZn. The zero-order valence-electron chi connectivity index (χ0n) is 60.6. The zero-order valence-corrected chi connectivity index (χ0v) is 70.9. The van der Waals surface area contributed by atoms with Crippen LogP contribution in [0.3, 0.4) is 0 Å². The molecule has 544 valence electrons. The molecular weight excluding hydrogens is 1700 g/mol. The van der Waals surface area contributed by atoms with Gasteiger partial charge in [0.2, 0.25) is 11.8 Å². The number of benzene rings is 14. The standard InChI is InChI=1S/4C18H15P.C11H8N2O2.C10H8INO2.2CN.Pd.Zn/c4*1-4-10-16(11-5-1)19(17-12-6-2-7-13-17)18-14-8-3-9-15-18;1-12-7-2-3-8-9(6-7)13-11(15)5-4-10(8)14;11-6-1-2-7-8(5-6)12-10(14)4-3-9(7)13;2*1-2;;/h4*1-15H;2-3,6H,4-5H2,(H,13,15);1-2,5H,3-4H2,(H,12,14);;;;/q;;;;;;2*-1;;+2. The zero-order chi connectivity index (χ0) is 76.6. The summed E-state index contributed by atoms with van der Waals surface area (Å²) in [5, 5.41) is 34.6. The molecule has 14 aromatic rings. The van der Waals surface area contributed by atoms with Gasteiger partial charge in [0.1, 0.15) is 0 Å². The minimum absolute atomic E-state index is 0. The van der Waals surface area contributed by atoms with Gasteiger partial charge in [-0.05, 0) is 142 Å². The summed E-state index contributed by atoms with van der Waals surface area (Å²) in [6.45, 7) is 16.3. The summed E-state index contributed by atoms with van der Waals surface area (Å²) >= 11 is 2.15. The summed E-state index contributed by atoms with van der Waals surface area (Å²) in [5.41, 5.74) is 2.63. The van der Waals surface area contributed by atoms with Gasteiger partial charge in [0.15, 0.2) is 17.3 Å². The molecule has 0 saturated heterocycles. The Balaban J connectivity index is 0.000000183. The van der Waals surface area contributed by atoms with E-state index in [0.29, 0.717) is 34.6 Å². The fourth-order valence-electron chi connectivity index (χ4n) is 11.7. The van der Waals surface area contributed by atoms with E-state index in [4.69, 9.17) is 30.2 Å². The van der Waals surface area contributed by atoms with Crippen molar-refractivity contribution in [2.45, 2.75) is 25.7 Å². The molecule has 0 fully saturated rings. The molecule has 2 aliphatic heterocycles. The van der Waals surface area contributed by atoms with Crippen LogP contribution >= 0.6 is 54.3 Å². The van der Waals surface area contributed by atoms with Crippen molar-refractivity contribution in [3.05, 3.63) is 440 Å². The average Bonchev–Trinajstić information content (AvgIpc) is 1.83.